The van der Waals surface area contributed by atoms with E-state index in [-0.39, 0.29) is 17.4 Å². The average molecular weight is 323 g/mol. The zero-order valence-electron chi connectivity index (χ0n) is 12.8. The minimum atomic E-state index is -0.754. The lowest BCUT2D eigenvalue weighted by molar-refractivity contribution is 0.0262. The molecule has 5 nitrogen and oxygen atoms in total. The Bertz CT molecular complexity index is 704. The molecule has 0 aliphatic rings. The quantitative estimate of drug-likeness (QED) is 0.600. The van der Waals surface area contributed by atoms with Crippen molar-refractivity contribution in [2.45, 2.75) is 52.1 Å². The summed E-state index contributed by atoms with van der Waals surface area (Å²) in [5.74, 6) is -1.05. The second-order valence-corrected chi connectivity index (χ2v) is 6.19. The molecule has 0 spiro atoms. The number of carbonyl (C=O) groups is 1. The molecule has 2 aromatic rings. The van der Waals surface area contributed by atoms with Gasteiger partial charge in [-0.1, -0.05) is 26.7 Å². The summed E-state index contributed by atoms with van der Waals surface area (Å²) >= 11 is 1.30. The summed E-state index contributed by atoms with van der Waals surface area (Å²) in [5, 5.41) is 12.4. The molecule has 2 aromatic heterocycles. The van der Waals surface area contributed by atoms with Crippen LogP contribution in [0.1, 0.15) is 56.3 Å². The molecule has 6 heteroatoms. The van der Waals surface area contributed by atoms with Crippen LogP contribution in [-0.2, 0) is 4.74 Å². The lowest BCUT2D eigenvalue weighted by Gasteiger charge is -2.16. The van der Waals surface area contributed by atoms with Gasteiger partial charge in [0.1, 0.15) is 16.7 Å². The van der Waals surface area contributed by atoms with Crippen molar-refractivity contribution in [1.82, 2.24) is 4.98 Å². The number of nitrogens with one attached hydrogen (secondary N) is 1. The van der Waals surface area contributed by atoms with Crippen molar-refractivity contribution >= 4 is 27.5 Å². The van der Waals surface area contributed by atoms with E-state index in [0.29, 0.717) is 16.6 Å². The topological polar surface area (TPSA) is 79.4 Å². The van der Waals surface area contributed by atoms with Gasteiger partial charge in [-0.25, -0.2) is 4.79 Å². The number of aromatic nitrogens is 1. The number of H-pyrrole nitrogens is 1. The molecule has 22 heavy (non-hydrogen) atoms. The van der Waals surface area contributed by atoms with Crippen LogP contribution in [-0.4, -0.2) is 22.2 Å². The SMILES string of the molecule is CCCCCC(CC)OC(=O)c1c(O)c2ccsc2[nH]c1=O. The number of ether oxygens (including phenoxy) is 1. The van der Waals surface area contributed by atoms with E-state index in [1.165, 1.54) is 11.3 Å². The van der Waals surface area contributed by atoms with Crippen molar-refractivity contribution < 1.29 is 14.6 Å². The van der Waals surface area contributed by atoms with Crippen molar-refractivity contribution in [1.29, 1.82) is 0 Å². The molecule has 0 amide bonds. The fraction of sp³-hybridized carbons (Fsp3) is 0.500. The van der Waals surface area contributed by atoms with Crippen molar-refractivity contribution in [2.75, 3.05) is 0 Å². The Hall–Kier alpha value is -1.82. The molecule has 2 heterocycles. The highest BCUT2D eigenvalue weighted by molar-refractivity contribution is 7.16. The van der Waals surface area contributed by atoms with Crippen molar-refractivity contribution in [3.63, 3.8) is 0 Å². The lowest BCUT2D eigenvalue weighted by Crippen LogP contribution is -2.24. The van der Waals surface area contributed by atoms with E-state index in [1.807, 2.05) is 6.92 Å². The zero-order chi connectivity index (χ0) is 16.1. The first-order chi connectivity index (χ1) is 10.6. The molecule has 0 saturated carbocycles. The number of pyridine rings is 1. The van der Waals surface area contributed by atoms with Gasteiger partial charge in [0, 0.05) is 0 Å². The average Bonchev–Trinajstić information content (AvgIpc) is 2.94. The molecule has 0 bridgehead atoms. The van der Waals surface area contributed by atoms with Crippen LogP contribution in [0.4, 0.5) is 0 Å². The minimum absolute atomic E-state index is 0.226. The molecular weight excluding hydrogens is 302 g/mol. The normalized spacial score (nSPS) is 12.5. The van der Waals surface area contributed by atoms with Gasteiger partial charge in [-0.15, -0.1) is 11.3 Å². The molecule has 0 aliphatic heterocycles. The third-order valence-corrected chi connectivity index (χ3v) is 4.50. The molecule has 2 N–H and O–H groups in total. The number of fused-ring (bicyclic) bond motifs is 1. The molecule has 120 valence electrons. The summed E-state index contributed by atoms with van der Waals surface area (Å²) in [5.41, 5.74) is -0.916. The van der Waals surface area contributed by atoms with Gasteiger partial charge in [-0.05, 0) is 30.7 Å². The van der Waals surface area contributed by atoms with E-state index in [9.17, 15) is 14.7 Å². The Kier molecular flexibility index (Phi) is 5.60. The molecule has 0 fully saturated rings. The number of aromatic hydroxyl groups is 1. The smallest absolute Gasteiger partial charge is 0.347 e. The first kappa shape index (κ1) is 16.5. The van der Waals surface area contributed by atoms with Crippen LogP contribution in [0.15, 0.2) is 16.2 Å². The Morgan fingerprint density at radius 3 is 2.86 bits per heavy atom. The van der Waals surface area contributed by atoms with E-state index in [2.05, 4.69) is 11.9 Å². The van der Waals surface area contributed by atoms with Crippen molar-refractivity contribution in [2.24, 2.45) is 0 Å². The molecule has 0 radical (unpaired) electrons. The second-order valence-electron chi connectivity index (χ2n) is 5.27. The van der Waals surface area contributed by atoms with Crippen LogP contribution in [0.5, 0.6) is 5.75 Å². The number of aromatic amines is 1. The van der Waals surface area contributed by atoms with E-state index >= 15 is 0 Å². The van der Waals surface area contributed by atoms with E-state index < -0.39 is 11.5 Å². The van der Waals surface area contributed by atoms with Crippen LogP contribution >= 0.6 is 11.3 Å². The highest BCUT2D eigenvalue weighted by atomic mass is 32.1. The molecule has 1 unspecified atom stereocenters. The molecular formula is C16H21NO4S. The maximum Gasteiger partial charge on any atom is 0.347 e. The van der Waals surface area contributed by atoms with Crippen LogP contribution in [0.25, 0.3) is 10.2 Å². The molecule has 0 aromatic carbocycles. The van der Waals surface area contributed by atoms with Gasteiger partial charge in [-0.2, -0.15) is 0 Å². The number of thiophene rings is 1. The highest BCUT2D eigenvalue weighted by Crippen LogP contribution is 2.29. The second kappa shape index (κ2) is 7.45. The molecule has 1 atom stereocenters. The first-order valence-corrected chi connectivity index (χ1v) is 8.49. The summed E-state index contributed by atoms with van der Waals surface area (Å²) in [6.45, 7) is 4.05. The van der Waals surface area contributed by atoms with Crippen LogP contribution < -0.4 is 5.56 Å². The van der Waals surface area contributed by atoms with E-state index in [1.54, 1.807) is 11.4 Å². The summed E-state index contributed by atoms with van der Waals surface area (Å²) in [6.07, 6.45) is 4.40. The fourth-order valence-corrected chi connectivity index (χ4v) is 3.15. The third kappa shape index (κ3) is 3.50. The molecule has 2 rings (SSSR count). The van der Waals surface area contributed by atoms with Crippen LogP contribution in [0, 0.1) is 0 Å². The summed E-state index contributed by atoms with van der Waals surface area (Å²) < 4.78 is 5.40. The lowest BCUT2D eigenvalue weighted by atomic mass is 10.1. The van der Waals surface area contributed by atoms with Gasteiger partial charge < -0.3 is 14.8 Å². The minimum Gasteiger partial charge on any atom is -0.506 e. The van der Waals surface area contributed by atoms with Gasteiger partial charge in [0.2, 0.25) is 0 Å². The summed E-state index contributed by atoms with van der Waals surface area (Å²) in [4.78, 5) is 27.4. The standard InChI is InChI=1S/C16H21NO4S/c1-3-5-6-7-10(4-2)21-16(20)12-13(18)11-8-9-22-15(11)17-14(12)19/h8-10H,3-7H2,1-2H3,(H2,17,18,19). The fourth-order valence-electron chi connectivity index (χ4n) is 2.37. The van der Waals surface area contributed by atoms with Gasteiger partial charge in [-0.3, -0.25) is 4.79 Å². The Balaban J connectivity index is 2.20. The highest BCUT2D eigenvalue weighted by Gasteiger charge is 2.23. The van der Waals surface area contributed by atoms with Crippen LogP contribution in [0.3, 0.4) is 0 Å². The Morgan fingerprint density at radius 1 is 1.41 bits per heavy atom. The predicted molar refractivity (Wildman–Crippen MR) is 87.7 cm³/mol. The number of esters is 1. The number of carbonyl (C=O) groups excluding carboxylic acids is 1. The van der Waals surface area contributed by atoms with Gasteiger partial charge in [0.05, 0.1) is 5.39 Å². The van der Waals surface area contributed by atoms with Crippen molar-refractivity contribution in [3.05, 3.63) is 27.4 Å². The van der Waals surface area contributed by atoms with E-state index in [4.69, 9.17) is 4.74 Å². The number of hydrogen-bond acceptors (Lipinski definition) is 5. The van der Waals surface area contributed by atoms with Gasteiger partial charge >= 0.3 is 5.97 Å². The number of rotatable bonds is 7. The third-order valence-electron chi connectivity index (χ3n) is 3.67. The van der Waals surface area contributed by atoms with Gasteiger partial charge in [0.15, 0.2) is 5.56 Å². The Labute approximate surface area is 132 Å². The number of unbranched alkanes of at least 4 members (excludes halogenated alkanes) is 2. The molecule has 0 aliphatic carbocycles. The zero-order valence-corrected chi connectivity index (χ0v) is 13.7. The largest absolute Gasteiger partial charge is 0.506 e. The Morgan fingerprint density at radius 2 is 2.18 bits per heavy atom. The molecule has 0 saturated heterocycles. The monoisotopic (exact) mass is 323 g/mol. The van der Waals surface area contributed by atoms with E-state index in [0.717, 1.165) is 25.7 Å². The van der Waals surface area contributed by atoms with Crippen LogP contribution in [0.2, 0.25) is 0 Å². The predicted octanol–water partition coefficient (Wildman–Crippen LogP) is 3.81. The maximum atomic E-state index is 12.3. The summed E-state index contributed by atoms with van der Waals surface area (Å²) in [6, 6.07) is 1.67. The number of hydrogen-bond donors (Lipinski definition) is 2. The van der Waals surface area contributed by atoms with Crippen molar-refractivity contribution in [3.8, 4) is 5.75 Å². The first-order valence-electron chi connectivity index (χ1n) is 7.61. The van der Waals surface area contributed by atoms with Gasteiger partial charge in [0.25, 0.3) is 5.56 Å². The maximum absolute atomic E-state index is 12.3. The summed E-state index contributed by atoms with van der Waals surface area (Å²) in [7, 11) is 0.